The van der Waals surface area contributed by atoms with Gasteiger partial charge in [-0.2, -0.15) is 0 Å². The molecule has 0 radical (unpaired) electrons. The van der Waals surface area contributed by atoms with Gasteiger partial charge in [0.1, 0.15) is 18.4 Å². The van der Waals surface area contributed by atoms with Crippen molar-refractivity contribution in [2.24, 2.45) is 5.92 Å². The highest BCUT2D eigenvalue weighted by molar-refractivity contribution is 4.87. The van der Waals surface area contributed by atoms with Gasteiger partial charge < -0.3 is 14.9 Å². The fourth-order valence-electron chi connectivity index (χ4n) is 1.40. The third-order valence-electron chi connectivity index (χ3n) is 2.27. The lowest BCUT2D eigenvalue weighted by Gasteiger charge is -2.36. The van der Waals surface area contributed by atoms with Gasteiger partial charge in [0.05, 0.1) is 12.7 Å². The van der Waals surface area contributed by atoms with E-state index in [4.69, 9.17) is 4.74 Å². The number of aliphatic hydroxyl groups is 2. The molecule has 3 nitrogen and oxygen atoms in total. The number of aliphatic hydroxyl groups excluding tert-OH is 2. The molecule has 72 valence electrons. The van der Waals surface area contributed by atoms with Gasteiger partial charge in [-0.15, -0.1) is 0 Å². The van der Waals surface area contributed by atoms with Crippen LogP contribution in [0.2, 0.25) is 0 Å². The highest BCUT2D eigenvalue weighted by Gasteiger charge is 2.38. The molecule has 0 aromatic rings. The van der Waals surface area contributed by atoms with Crippen molar-refractivity contribution in [2.75, 3.05) is 6.61 Å². The molecule has 1 aliphatic rings. The molecule has 1 heterocycles. The zero-order valence-electron chi connectivity index (χ0n) is 7.27. The maximum Gasteiger partial charge on any atom is 0.126 e. The molecular formula is C8H15FO3. The summed E-state index contributed by atoms with van der Waals surface area (Å²) in [6.45, 7) is 3.38. The number of ether oxygens (including phenoxy) is 1. The molecule has 0 aliphatic carbocycles. The van der Waals surface area contributed by atoms with Crippen LogP contribution in [0.1, 0.15) is 13.8 Å². The van der Waals surface area contributed by atoms with Gasteiger partial charge in [0, 0.05) is 5.92 Å². The van der Waals surface area contributed by atoms with Crippen LogP contribution in [0, 0.1) is 5.92 Å². The minimum atomic E-state index is -1.25. The molecule has 1 saturated heterocycles. The summed E-state index contributed by atoms with van der Waals surface area (Å²) in [4.78, 5) is 0. The van der Waals surface area contributed by atoms with Crippen LogP contribution in [0.4, 0.5) is 4.39 Å². The Morgan fingerprint density at radius 1 is 1.42 bits per heavy atom. The van der Waals surface area contributed by atoms with Gasteiger partial charge in [0.25, 0.3) is 0 Å². The standard InChI is InChI=1S/C8H15FO3/c1-4-3-12-8(5(2)9)7(11)6(4)10/h4-8,10-11H,3H2,1-2H3. The summed E-state index contributed by atoms with van der Waals surface area (Å²) in [5.74, 6) is -0.130. The zero-order valence-corrected chi connectivity index (χ0v) is 7.27. The molecule has 12 heavy (non-hydrogen) atoms. The first-order chi connectivity index (χ1) is 5.54. The number of rotatable bonds is 1. The molecule has 0 saturated carbocycles. The van der Waals surface area contributed by atoms with E-state index in [0.29, 0.717) is 6.61 Å². The second kappa shape index (κ2) is 3.68. The van der Waals surface area contributed by atoms with Crippen LogP contribution in [-0.2, 0) is 4.74 Å². The largest absolute Gasteiger partial charge is 0.390 e. The lowest BCUT2D eigenvalue weighted by molar-refractivity contribution is -0.177. The second-order valence-electron chi connectivity index (χ2n) is 3.43. The fraction of sp³-hybridized carbons (Fsp3) is 1.00. The molecule has 0 spiro atoms. The van der Waals surface area contributed by atoms with Gasteiger partial charge in [-0.3, -0.25) is 0 Å². The van der Waals surface area contributed by atoms with Crippen LogP contribution in [0.25, 0.3) is 0 Å². The van der Waals surface area contributed by atoms with Crippen molar-refractivity contribution in [1.29, 1.82) is 0 Å². The second-order valence-corrected chi connectivity index (χ2v) is 3.43. The van der Waals surface area contributed by atoms with Crippen LogP contribution in [-0.4, -0.2) is 41.3 Å². The Balaban J connectivity index is 2.58. The Bertz CT molecular complexity index is 151. The molecule has 1 rings (SSSR count). The summed E-state index contributed by atoms with van der Waals surface area (Å²) in [6, 6.07) is 0. The van der Waals surface area contributed by atoms with Gasteiger partial charge in [0.15, 0.2) is 0 Å². The maximum absolute atomic E-state index is 12.7. The molecule has 2 N–H and O–H groups in total. The van der Waals surface area contributed by atoms with Gasteiger partial charge in [0.2, 0.25) is 0 Å². The Hall–Kier alpha value is -0.190. The van der Waals surface area contributed by atoms with Crippen LogP contribution < -0.4 is 0 Å². The van der Waals surface area contributed by atoms with E-state index < -0.39 is 24.5 Å². The summed E-state index contributed by atoms with van der Waals surface area (Å²) in [5, 5.41) is 18.7. The first-order valence-corrected chi connectivity index (χ1v) is 4.16. The van der Waals surface area contributed by atoms with Gasteiger partial charge >= 0.3 is 0 Å². The SMILES string of the molecule is CC(F)C1OCC(C)C(O)C1O. The van der Waals surface area contributed by atoms with Crippen LogP contribution in [0.5, 0.6) is 0 Å². The number of halogens is 1. The summed E-state index contributed by atoms with van der Waals surface area (Å²) < 4.78 is 17.8. The first-order valence-electron chi connectivity index (χ1n) is 4.16. The van der Waals surface area contributed by atoms with E-state index in [1.165, 1.54) is 6.92 Å². The molecule has 0 aromatic carbocycles. The Morgan fingerprint density at radius 3 is 2.50 bits per heavy atom. The topological polar surface area (TPSA) is 49.7 Å². The van der Waals surface area contributed by atoms with E-state index in [-0.39, 0.29) is 5.92 Å². The van der Waals surface area contributed by atoms with Crippen molar-refractivity contribution in [3.8, 4) is 0 Å². The molecule has 5 atom stereocenters. The third kappa shape index (κ3) is 1.76. The van der Waals surface area contributed by atoms with Crippen molar-refractivity contribution in [1.82, 2.24) is 0 Å². The fourth-order valence-corrected chi connectivity index (χ4v) is 1.40. The number of alkyl halides is 1. The van der Waals surface area contributed by atoms with Crippen molar-refractivity contribution < 1.29 is 19.3 Å². The van der Waals surface area contributed by atoms with E-state index in [0.717, 1.165) is 0 Å². The molecule has 4 heteroatoms. The predicted octanol–water partition coefficient (Wildman–Crippen LogP) is 0.101. The molecule has 5 unspecified atom stereocenters. The number of hydrogen-bond acceptors (Lipinski definition) is 3. The van der Waals surface area contributed by atoms with Crippen LogP contribution in [0.3, 0.4) is 0 Å². The lowest BCUT2D eigenvalue weighted by atomic mass is 9.92. The van der Waals surface area contributed by atoms with Gasteiger partial charge in [-0.25, -0.2) is 4.39 Å². The average molecular weight is 178 g/mol. The summed E-state index contributed by atoms with van der Waals surface area (Å²) >= 11 is 0. The van der Waals surface area contributed by atoms with Crippen molar-refractivity contribution >= 4 is 0 Å². The Labute approximate surface area is 71.2 Å². The zero-order chi connectivity index (χ0) is 9.30. The molecular weight excluding hydrogens is 163 g/mol. The van der Waals surface area contributed by atoms with Gasteiger partial charge in [-0.1, -0.05) is 6.92 Å². The maximum atomic E-state index is 12.7. The minimum absolute atomic E-state index is 0.130. The number of hydrogen-bond donors (Lipinski definition) is 2. The van der Waals surface area contributed by atoms with Crippen molar-refractivity contribution in [3.05, 3.63) is 0 Å². The molecule has 0 amide bonds. The van der Waals surface area contributed by atoms with E-state index in [1.54, 1.807) is 6.92 Å². The monoisotopic (exact) mass is 178 g/mol. The summed E-state index contributed by atoms with van der Waals surface area (Å²) in [7, 11) is 0. The smallest absolute Gasteiger partial charge is 0.126 e. The normalized spacial score (nSPS) is 45.8. The highest BCUT2D eigenvalue weighted by atomic mass is 19.1. The summed E-state index contributed by atoms with van der Waals surface area (Å²) in [6.07, 6.45) is -4.10. The molecule has 0 bridgehead atoms. The summed E-state index contributed by atoms with van der Waals surface area (Å²) in [5.41, 5.74) is 0. The molecule has 0 aromatic heterocycles. The molecule has 1 aliphatic heterocycles. The lowest BCUT2D eigenvalue weighted by Crippen LogP contribution is -2.52. The van der Waals surface area contributed by atoms with Crippen LogP contribution in [0.15, 0.2) is 0 Å². The first kappa shape index (κ1) is 9.89. The van der Waals surface area contributed by atoms with E-state index >= 15 is 0 Å². The Kier molecular flexibility index (Phi) is 3.04. The minimum Gasteiger partial charge on any atom is -0.390 e. The molecule has 1 fully saturated rings. The highest BCUT2D eigenvalue weighted by Crippen LogP contribution is 2.22. The third-order valence-corrected chi connectivity index (χ3v) is 2.27. The van der Waals surface area contributed by atoms with E-state index in [2.05, 4.69) is 0 Å². The predicted molar refractivity (Wildman–Crippen MR) is 41.5 cm³/mol. The van der Waals surface area contributed by atoms with Crippen molar-refractivity contribution in [2.45, 2.75) is 38.3 Å². The van der Waals surface area contributed by atoms with Gasteiger partial charge in [-0.05, 0) is 6.92 Å². The Morgan fingerprint density at radius 2 is 2.00 bits per heavy atom. The van der Waals surface area contributed by atoms with Crippen molar-refractivity contribution in [3.63, 3.8) is 0 Å². The van der Waals surface area contributed by atoms with Crippen LogP contribution >= 0.6 is 0 Å². The quantitative estimate of drug-likeness (QED) is 0.598. The van der Waals surface area contributed by atoms with E-state index in [9.17, 15) is 14.6 Å². The van der Waals surface area contributed by atoms with E-state index in [1.807, 2.05) is 0 Å². The average Bonchev–Trinajstić information content (AvgIpc) is 2.00.